The van der Waals surface area contributed by atoms with Gasteiger partial charge in [0.2, 0.25) is 0 Å². The smallest absolute Gasteiger partial charge is 1.00 e. The summed E-state index contributed by atoms with van der Waals surface area (Å²) in [7, 11) is -0.818. The quantitative estimate of drug-likeness (QED) is 0.137. The molecule has 0 atom stereocenters. The Morgan fingerprint density at radius 3 is 0.941 bits per heavy atom. The van der Waals surface area contributed by atoms with Crippen LogP contribution in [0.25, 0.3) is 0 Å². The van der Waals surface area contributed by atoms with Gasteiger partial charge in [-0.3, -0.25) is 0 Å². The maximum Gasteiger partial charge on any atom is 2.00 e. The first-order valence-corrected chi connectivity index (χ1v) is 18.2. The molecular weight excluding hydrogens is 879 g/mol. The normalized spacial score (nSPS) is 9.14. The Morgan fingerprint density at radius 1 is 0.373 bits per heavy atom. The van der Waals surface area contributed by atoms with E-state index in [0.717, 1.165) is 0 Å². The zero-order valence-electron chi connectivity index (χ0n) is 27.6. The number of hydrogen-bond acceptors (Lipinski definition) is 0. The first-order valence-electron chi connectivity index (χ1n) is 15.5. The Hall–Kier alpha value is -2.58. The van der Waals surface area contributed by atoms with Crippen LogP contribution in [0.15, 0.2) is 231 Å². The molecule has 0 N–H and O–H groups in total. The summed E-state index contributed by atoms with van der Waals surface area (Å²) < 4.78 is 0. The second-order valence-corrected chi connectivity index (χ2v) is 14.7. The van der Waals surface area contributed by atoms with Gasteiger partial charge in [0.15, 0.2) is 0 Å². The second-order valence-electron chi connectivity index (χ2n) is 10.2. The minimum Gasteiger partial charge on any atom is -1.00 e. The van der Waals surface area contributed by atoms with Crippen LogP contribution in [-0.4, -0.2) is 0 Å². The predicted molar refractivity (Wildman–Crippen MR) is 206 cm³/mol. The van der Waals surface area contributed by atoms with Crippen LogP contribution in [0.1, 0.15) is 0 Å². The molecule has 8 aromatic rings. The summed E-state index contributed by atoms with van der Waals surface area (Å²) >= 11 is 0. The van der Waals surface area contributed by atoms with Crippen LogP contribution in [0.2, 0.25) is 0 Å². The van der Waals surface area contributed by atoms with Crippen LogP contribution in [0.5, 0.6) is 0 Å². The molecule has 51 heavy (non-hydrogen) atoms. The molecule has 7 heteroatoms. The van der Waals surface area contributed by atoms with E-state index in [1.54, 1.807) is 0 Å². The van der Waals surface area contributed by atoms with Crippen LogP contribution in [0.4, 0.5) is 0 Å². The van der Waals surface area contributed by atoms with Gasteiger partial charge in [0.05, 0.1) is 0 Å². The fraction of sp³-hybridized carbons (Fsp3) is 0. The third-order valence-corrected chi connectivity index (χ3v) is 11.9. The van der Waals surface area contributed by atoms with E-state index in [2.05, 4.69) is 170 Å². The van der Waals surface area contributed by atoms with Crippen molar-refractivity contribution in [2.75, 3.05) is 0 Å². The molecule has 0 aliphatic heterocycles. The second kappa shape index (κ2) is 28.9. The number of hydrogen-bond donors (Lipinski definition) is 0. The van der Waals surface area contributed by atoms with Gasteiger partial charge in [-0.15, -0.1) is 5.30 Å². The van der Waals surface area contributed by atoms with Crippen LogP contribution < -0.4 is 56.6 Å². The van der Waals surface area contributed by atoms with E-state index in [1.807, 2.05) is 60.7 Å². The van der Waals surface area contributed by atoms with Gasteiger partial charge in [-0.25, -0.2) is 44.3 Å². The van der Waals surface area contributed by atoms with Gasteiger partial charge >= 0.3 is 20.4 Å². The summed E-state index contributed by atoms with van der Waals surface area (Å²) in [5, 5.41) is 8.47. The molecule has 0 aromatic heterocycles. The van der Waals surface area contributed by atoms with Gasteiger partial charge in [-0.05, 0) is 10.6 Å². The third-order valence-electron chi connectivity index (χ3n) is 6.98. The zero-order valence-corrected chi connectivity index (χ0v) is 34.7. The van der Waals surface area contributed by atoms with Crippen LogP contribution in [-0.2, 0) is 54.6 Å². The van der Waals surface area contributed by atoms with E-state index in [0.29, 0.717) is 0 Å². The summed E-state index contributed by atoms with van der Waals surface area (Å²) in [5.74, 6) is 0. The average molecular weight is 918 g/mol. The Bertz CT molecular complexity index is 1560. The Kier molecular flexibility index (Phi) is 27.5. The zero-order chi connectivity index (χ0) is 31.5. The van der Waals surface area contributed by atoms with Crippen molar-refractivity contribution in [3.05, 3.63) is 231 Å². The summed E-state index contributed by atoms with van der Waals surface area (Å²) in [5.41, 5.74) is 0. The average Bonchev–Trinajstić information content (AvgIpc) is 3.98. The first-order chi connectivity index (χ1) is 22.9. The summed E-state index contributed by atoms with van der Waals surface area (Å²) in [6.07, 6.45) is 0. The van der Waals surface area contributed by atoms with Crippen molar-refractivity contribution in [2.45, 2.75) is 0 Å². The molecule has 0 aliphatic rings. The minimum atomic E-state index is -0.409. The molecule has 0 aliphatic carbocycles. The van der Waals surface area contributed by atoms with E-state index < -0.39 is 15.8 Å². The monoisotopic (exact) mass is 916 g/mol. The fourth-order valence-electron chi connectivity index (χ4n) is 4.87. The largest absolute Gasteiger partial charge is 2.00 e. The third kappa shape index (κ3) is 16.3. The van der Waals surface area contributed by atoms with Crippen molar-refractivity contribution in [3.8, 4) is 0 Å². The number of rotatable bonds is 6. The van der Waals surface area contributed by atoms with Gasteiger partial charge in [-0.1, -0.05) is 140 Å². The Morgan fingerprint density at radius 2 is 0.667 bits per heavy atom. The van der Waals surface area contributed by atoms with Gasteiger partial charge in [0.25, 0.3) is 0 Å². The molecule has 0 bridgehead atoms. The summed E-state index contributed by atoms with van der Waals surface area (Å²) in [4.78, 5) is 0. The predicted octanol–water partition coefficient (Wildman–Crippen LogP) is 3.14. The molecule has 0 heterocycles. The van der Waals surface area contributed by atoms with Crippen molar-refractivity contribution >= 4 is 47.7 Å². The van der Waals surface area contributed by atoms with Gasteiger partial charge < -0.3 is 54.4 Å². The van der Waals surface area contributed by atoms with Crippen LogP contribution >= 0.6 is 15.8 Å². The molecule has 0 radical (unpaired) electrons. The Balaban J connectivity index is 0.000000715. The molecule has 0 fully saturated rings. The molecule has 0 spiro atoms. The molecule has 8 aromatic carbocycles. The van der Waals surface area contributed by atoms with Crippen LogP contribution in [0.3, 0.4) is 0 Å². The van der Waals surface area contributed by atoms with Crippen molar-refractivity contribution in [1.82, 2.24) is 0 Å². The number of halogens is 2. The van der Waals surface area contributed by atoms with Gasteiger partial charge in [0, 0.05) is 34.1 Å². The van der Waals surface area contributed by atoms with Crippen molar-refractivity contribution in [2.24, 2.45) is 0 Å². The molecule has 0 unspecified atom stereocenters. The van der Waals surface area contributed by atoms with E-state index in [1.165, 1.54) is 31.8 Å². The maximum absolute atomic E-state index is 2.23. The molecular formula is C44H38Cl2Fe2P2Pd-8. The summed E-state index contributed by atoms with van der Waals surface area (Å²) in [6.45, 7) is 0. The fourth-order valence-corrected chi connectivity index (χ4v) is 9.48. The van der Waals surface area contributed by atoms with Crippen molar-refractivity contribution < 1.29 is 79.4 Å². The molecule has 272 valence electrons. The first kappa shape index (κ1) is 48.4. The van der Waals surface area contributed by atoms with E-state index >= 15 is 0 Å². The molecule has 0 saturated carbocycles. The molecule has 0 nitrogen and oxygen atoms in total. The van der Waals surface area contributed by atoms with Crippen molar-refractivity contribution in [1.29, 1.82) is 0 Å². The standard InChI is InChI=1S/2C17H14P.2C5H5.2ClH.2Fe.Pd/c2*1-3-9-15(10-4-1)18(17-13-7-8-14-17)16-11-5-2-6-12-16;2*1-2-4-5-3-1;;;;;/h2*1-14H;2*1-5H;2*1H;;;/q-5;3*-1;;;;;+2/p-2. The Labute approximate surface area is 354 Å². The van der Waals surface area contributed by atoms with Crippen molar-refractivity contribution in [3.63, 3.8) is 0 Å². The van der Waals surface area contributed by atoms with Crippen LogP contribution in [0, 0.1) is 0 Å². The minimum absolute atomic E-state index is 0. The maximum atomic E-state index is 2.23. The SMILES string of the molecule is [Cl-].[Cl-].[Fe].[Fe].[Pd+2].c1cc[cH-]c1.c1cc[cH-]c1.c1ccc(P(c2ccccc2)[c-]2[cH-][cH-][cH-][cH-]2)cc1.c1ccc(P(c2ccccc2)[c-]2cccc2)cc1. The summed E-state index contributed by atoms with van der Waals surface area (Å²) in [6, 6.07) is 80.5. The molecule has 0 saturated heterocycles. The molecule has 0 amide bonds. The molecule has 8 rings (SSSR count). The topological polar surface area (TPSA) is 0 Å². The van der Waals surface area contributed by atoms with E-state index in [9.17, 15) is 0 Å². The van der Waals surface area contributed by atoms with E-state index in [-0.39, 0.29) is 79.4 Å². The van der Waals surface area contributed by atoms with E-state index in [4.69, 9.17) is 0 Å². The number of benzene rings is 4. The van der Waals surface area contributed by atoms with Gasteiger partial charge in [0.1, 0.15) is 0 Å². The van der Waals surface area contributed by atoms with Gasteiger partial charge in [-0.2, -0.15) is 48.5 Å².